The molecular formula is C12H25NO2. The van der Waals surface area contributed by atoms with Crippen LogP contribution in [0, 0.1) is 11.8 Å². The number of aliphatic carboxylic acids is 1. The first-order valence-corrected chi connectivity index (χ1v) is 5.77. The van der Waals surface area contributed by atoms with Gasteiger partial charge in [-0.1, -0.05) is 27.7 Å². The Hall–Kier alpha value is -0.570. The lowest BCUT2D eigenvalue weighted by Gasteiger charge is -2.26. The summed E-state index contributed by atoms with van der Waals surface area (Å²) in [6.07, 6.45) is 1.78. The van der Waals surface area contributed by atoms with Crippen molar-refractivity contribution in [1.29, 1.82) is 0 Å². The largest absolute Gasteiger partial charge is 0.480 e. The van der Waals surface area contributed by atoms with Crippen LogP contribution in [-0.4, -0.2) is 35.6 Å². The molecule has 1 atom stereocenters. The van der Waals surface area contributed by atoms with Crippen LogP contribution in [0.4, 0.5) is 0 Å². The van der Waals surface area contributed by atoms with Crippen LogP contribution in [0.5, 0.6) is 0 Å². The number of carboxylic acids is 1. The maximum atomic E-state index is 11.1. The van der Waals surface area contributed by atoms with E-state index >= 15 is 0 Å². The smallest absolute Gasteiger partial charge is 0.320 e. The number of carboxylic acid groups (broad SMARTS) is 1. The summed E-state index contributed by atoms with van der Waals surface area (Å²) in [5.74, 6) is 0.350. The Morgan fingerprint density at radius 2 is 1.73 bits per heavy atom. The van der Waals surface area contributed by atoms with E-state index in [4.69, 9.17) is 5.11 Å². The van der Waals surface area contributed by atoms with Gasteiger partial charge in [-0.05, 0) is 38.3 Å². The first kappa shape index (κ1) is 14.4. The Labute approximate surface area is 93.5 Å². The molecule has 0 aromatic heterocycles. The number of hydrogen-bond acceptors (Lipinski definition) is 2. The monoisotopic (exact) mass is 215 g/mol. The molecule has 3 nitrogen and oxygen atoms in total. The molecule has 0 spiro atoms. The van der Waals surface area contributed by atoms with E-state index in [2.05, 4.69) is 27.7 Å². The maximum absolute atomic E-state index is 11.1. The SMILES string of the molecule is CC(C)CCN(C)C(CC(C)C)C(=O)O. The summed E-state index contributed by atoms with van der Waals surface area (Å²) in [4.78, 5) is 13.0. The van der Waals surface area contributed by atoms with Gasteiger partial charge in [-0.15, -0.1) is 0 Å². The highest BCUT2D eigenvalue weighted by molar-refractivity contribution is 5.73. The fraction of sp³-hybridized carbons (Fsp3) is 0.917. The Balaban J connectivity index is 4.16. The van der Waals surface area contributed by atoms with Gasteiger partial charge in [0.15, 0.2) is 0 Å². The fourth-order valence-electron chi connectivity index (χ4n) is 1.53. The van der Waals surface area contributed by atoms with E-state index < -0.39 is 5.97 Å². The third kappa shape index (κ3) is 6.50. The van der Waals surface area contributed by atoms with Crippen LogP contribution in [-0.2, 0) is 4.79 Å². The maximum Gasteiger partial charge on any atom is 0.320 e. The highest BCUT2D eigenvalue weighted by Crippen LogP contribution is 2.12. The molecule has 1 N–H and O–H groups in total. The van der Waals surface area contributed by atoms with E-state index in [1.54, 1.807) is 0 Å². The van der Waals surface area contributed by atoms with Crippen LogP contribution in [0.2, 0.25) is 0 Å². The van der Waals surface area contributed by atoms with Gasteiger partial charge in [-0.25, -0.2) is 0 Å². The van der Waals surface area contributed by atoms with E-state index in [1.165, 1.54) is 0 Å². The average molecular weight is 215 g/mol. The molecule has 0 aromatic carbocycles. The first-order chi connectivity index (χ1) is 6.84. The zero-order valence-electron chi connectivity index (χ0n) is 10.7. The van der Waals surface area contributed by atoms with Crippen molar-refractivity contribution >= 4 is 5.97 Å². The predicted octanol–water partition coefficient (Wildman–Crippen LogP) is 2.46. The second-order valence-corrected chi connectivity index (χ2v) is 5.15. The molecule has 1 unspecified atom stereocenters. The van der Waals surface area contributed by atoms with Gasteiger partial charge >= 0.3 is 5.97 Å². The van der Waals surface area contributed by atoms with Gasteiger partial charge in [0, 0.05) is 0 Å². The molecule has 0 aliphatic rings. The van der Waals surface area contributed by atoms with Crippen molar-refractivity contribution in [3.63, 3.8) is 0 Å². The minimum absolute atomic E-state index is 0.330. The standard InChI is InChI=1S/C12H25NO2/c1-9(2)6-7-13(5)11(12(14)15)8-10(3)4/h9-11H,6-8H2,1-5H3,(H,14,15). The fourth-order valence-corrected chi connectivity index (χ4v) is 1.53. The van der Waals surface area contributed by atoms with Crippen LogP contribution in [0.1, 0.15) is 40.5 Å². The summed E-state index contributed by atoms with van der Waals surface area (Å²) in [5, 5.41) is 9.12. The van der Waals surface area contributed by atoms with Gasteiger partial charge in [0.1, 0.15) is 6.04 Å². The molecule has 0 aliphatic carbocycles. The van der Waals surface area contributed by atoms with Gasteiger partial charge in [0.25, 0.3) is 0 Å². The topological polar surface area (TPSA) is 40.5 Å². The Bertz CT molecular complexity index is 190. The molecule has 90 valence electrons. The Morgan fingerprint density at radius 1 is 1.20 bits per heavy atom. The predicted molar refractivity (Wildman–Crippen MR) is 63.0 cm³/mol. The summed E-state index contributed by atoms with van der Waals surface area (Å²) < 4.78 is 0. The highest BCUT2D eigenvalue weighted by Gasteiger charge is 2.23. The van der Waals surface area contributed by atoms with E-state index in [0.717, 1.165) is 19.4 Å². The number of rotatable bonds is 7. The molecule has 0 amide bonds. The van der Waals surface area contributed by atoms with Crippen molar-refractivity contribution in [3.05, 3.63) is 0 Å². The molecule has 0 rings (SSSR count). The lowest BCUT2D eigenvalue weighted by Crippen LogP contribution is -2.40. The third-order valence-corrected chi connectivity index (χ3v) is 2.57. The third-order valence-electron chi connectivity index (χ3n) is 2.57. The molecule has 0 radical (unpaired) electrons. The van der Waals surface area contributed by atoms with Gasteiger partial charge in [0.05, 0.1) is 0 Å². The zero-order chi connectivity index (χ0) is 12.0. The van der Waals surface area contributed by atoms with Crippen molar-refractivity contribution in [2.45, 2.75) is 46.6 Å². The lowest BCUT2D eigenvalue weighted by atomic mass is 10.0. The number of carbonyl (C=O) groups is 1. The molecule has 0 saturated carbocycles. The van der Waals surface area contributed by atoms with Crippen molar-refractivity contribution in [3.8, 4) is 0 Å². The second kappa shape index (κ2) is 6.83. The van der Waals surface area contributed by atoms with Crippen molar-refractivity contribution in [2.24, 2.45) is 11.8 Å². The molecule has 0 aliphatic heterocycles. The van der Waals surface area contributed by atoms with E-state index in [9.17, 15) is 4.79 Å². The molecular weight excluding hydrogens is 190 g/mol. The number of likely N-dealkylation sites (N-methyl/N-ethyl adjacent to an activating group) is 1. The molecule has 0 bridgehead atoms. The summed E-state index contributed by atoms with van der Waals surface area (Å²) in [6.45, 7) is 9.30. The Morgan fingerprint density at radius 3 is 2.07 bits per heavy atom. The molecule has 3 heteroatoms. The van der Waals surface area contributed by atoms with E-state index in [1.807, 2.05) is 11.9 Å². The van der Waals surface area contributed by atoms with Gasteiger partial charge in [0.2, 0.25) is 0 Å². The summed E-state index contributed by atoms with van der Waals surface area (Å²) >= 11 is 0. The summed E-state index contributed by atoms with van der Waals surface area (Å²) in [7, 11) is 1.91. The molecule has 0 aromatic rings. The quantitative estimate of drug-likeness (QED) is 0.709. The van der Waals surface area contributed by atoms with Crippen molar-refractivity contribution < 1.29 is 9.90 Å². The van der Waals surface area contributed by atoms with Crippen LogP contribution in [0.25, 0.3) is 0 Å². The second-order valence-electron chi connectivity index (χ2n) is 5.15. The van der Waals surface area contributed by atoms with Gasteiger partial charge in [-0.2, -0.15) is 0 Å². The van der Waals surface area contributed by atoms with Gasteiger partial charge < -0.3 is 5.11 Å². The lowest BCUT2D eigenvalue weighted by molar-refractivity contribution is -0.143. The summed E-state index contributed by atoms with van der Waals surface area (Å²) in [6, 6.07) is -0.330. The molecule has 0 saturated heterocycles. The Kier molecular flexibility index (Phi) is 6.57. The van der Waals surface area contributed by atoms with Crippen molar-refractivity contribution in [1.82, 2.24) is 4.90 Å². The first-order valence-electron chi connectivity index (χ1n) is 5.77. The van der Waals surface area contributed by atoms with Crippen molar-refractivity contribution in [2.75, 3.05) is 13.6 Å². The van der Waals surface area contributed by atoms with E-state index in [-0.39, 0.29) is 6.04 Å². The number of hydrogen-bond donors (Lipinski definition) is 1. The minimum atomic E-state index is -0.699. The molecule has 0 fully saturated rings. The number of nitrogens with zero attached hydrogens (tertiary/aromatic N) is 1. The summed E-state index contributed by atoms with van der Waals surface area (Å²) in [5.41, 5.74) is 0. The van der Waals surface area contributed by atoms with Crippen LogP contribution >= 0.6 is 0 Å². The van der Waals surface area contributed by atoms with Crippen LogP contribution < -0.4 is 0 Å². The minimum Gasteiger partial charge on any atom is -0.480 e. The highest BCUT2D eigenvalue weighted by atomic mass is 16.4. The van der Waals surface area contributed by atoms with Crippen LogP contribution in [0.3, 0.4) is 0 Å². The van der Waals surface area contributed by atoms with Crippen LogP contribution in [0.15, 0.2) is 0 Å². The van der Waals surface area contributed by atoms with E-state index in [0.29, 0.717) is 11.8 Å². The average Bonchev–Trinajstić information content (AvgIpc) is 2.09. The normalized spacial score (nSPS) is 13.9. The van der Waals surface area contributed by atoms with Gasteiger partial charge in [-0.3, -0.25) is 9.69 Å². The molecule has 0 heterocycles. The zero-order valence-corrected chi connectivity index (χ0v) is 10.7. The molecule has 15 heavy (non-hydrogen) atoms.